The van der Waals surface area contributed by atoms with Crippen LogP contribution >= 0.6 is 0 Å². The summed E-state index contributed by atoms with van der Waals surface area (Å²) >= 11 is 0. The Balaban J connectivity index is 1.67. The van der Waals surface area contributed by atoms with Crippen LogP contribution in [-0.4, -0.2) is 34.3 Å². The molecule has 2 aliphatic rings. The van der Waals surface area contributed by atoms with E-state index in [0.29, 0.717) is 17.4 Å². The fourth-order valence-electron chi connectivity index (χ4n) is 4.39. The van der Waals surface area contributed by atoms with E-state index in [2.05, 4.69) is 5.32 Å². The SMILES string of the molecule is O=C(Cn1c(=O)n(C2CCCCC2)c(=O)c2ccccc21)NCC1CCCO1. The number of aromatic nitrogens is 2. The van der Waals surface area contributed by atoms with Crippen LogP contribution in [0.25, 0.3) is 10.9 Å². The molecule has 150 valence electrons. The summed E-state index contributed by atoms with van der Waals surface area (Å²) < 4.78 is 8.36. The summed E-state index contributed by atoms with van der Waals surface area (Å²) in [6, 6.07) is 6.96. The number of benzene rings is 1. The first-order chi connectivity index (χ1) is 13.6. The van der Waals surface area contributed by atoms with Gasteiger partial charge in [0.15, 0.2) is 0 Å². The highest BCUT2D eigenvalue weighted by molar-refractivity contribution is 5.81. The Morgan fingerprint density at radius 3 is 2.61 bits per heavy atom. The Morgan fingerprint density at radius 1 is 1.07 bits per heavy atom. The summed E-state index contributed by atoms with van der Waals surface area (Å²) in [6.07, 6.45) is 6.84. The molecule has 1 aromatic carbocycles. The van der Waals surface area contributed by atoms with E-state index in [1.54, 1.807) is 24.3 Å². The fraction of sp³-hybridized carbons (Fsp3) is 0.571. The average molecular weight is 385 g/mol. The van der Waals surface area contributed by atoms with Gasteiger partial charge in [0.05, 0.1) is 17.0 Å². The second-order valence-corrected chi connectivity index (χ2v) is 7.79. The molecule has 1 amide bonds. The lowest BCUT2D eigenvalue weighted by molar-refractivity contribution is -0.122. The summed E-state index contributed by atoms with van der Waals surface area (Å²) in [5, 5.41) is 3.35. The Hall–Kier alpha value is -2.41. The molecular weight excluding hydrogens is 358 g/mol. The van der Waals surface area contributed by atoms with Crippen molar-refractivity contribution in [2.75, 3.05) is 13.2 Å². The van der Waals surface area contributed by atoms with Gasteiger partial charge < -0.3 is 10.1 Å². The molecule has 0 spiro atoms. The van der Waals surface area contributed by atoms with Crippen LogP contribution in [0.5, 0.6) is 0 Å². The number of hydrogen-bond donors (Lipinski definition) is 1. The fourth-order valence-corrected chi connectivity index (χ4v) is 4.39. The van der Waals surface area contributed by atoms with Crippen molar-refractivity contribution in [2.24, 2.45) is 0 Å². The van der Waals surface area contributed by atoms with Crippen LogP contribution in [0.3, 0.4) is 0 Å². The molecule has 1 aliphatic heterocycles. The van der Waals surface area contributed by atoms with E-state index in [1.807, 2.05) is 0 Å². The van der Waals surface area contributed by atoms with Gasteiger partial charge in [0.25, 0.3) is 5.56 Å². The van der Waals surface area contributed by atoms with Crippen LogP contribution in [0.15, 0.2) is 33.9 Å². The number of rotatable bonds is 5. The quantitative estimate of drug-likeness (QED) is 0.853. The first-order valence-corrected chi connectivity index (χ1v) is 10.3. The van der Waals surface area contributed by atoms with E-state index < -0.39 is 0 Å². The maximum Gasteiger partial charge on any atom is 0.332 e. The van der Waals surface area contributed by atoms with Gasteiger partial charge in [0, 0.05) is 19.2 Å². The van der Waals surface area contributed by atoms with Crippen LogP contribution in [0, 0.1) is 0 Å². The normalized spacial score (nSPS) is 20.5. The number of carbonyl (C=O) groups excluding carboxylic acids is 1. The Kier molecular flexibility index (Phi) is 5.62. The van der Waals surface area contributed by atoms with Crippen molar-refractivity contribution in [1.82, 2.24) is 14.5 Å². The molecule has 2 fully saturated rings. The monoisotopic (exact) mass is 385 g/mol. The maximum absolute atomic E-state index is 13.2. The number of amides is 1. The maximum atomic E-state index is 13.2. The van der Waals surface area contributed by atoms with Crippen LogP contribution in [-0.2, 0) is 16.1 Å². The number of ether oxygens (including phenoxy) is 1. The van der Waals surface area contributed by atoms with Gasteiger partial charge in [0.1, 0.15) is 6.54 Å². The Morgan fingerprint density at radius 2 is 1.86 bits per heavy atom. The molecule has 28 heavy (non-hydrogen) atoms. The summed E-state index contributed by atoms with van der Waals surface area (Å²) in [4.78, 5) is 38.8. The highest BCUT2D eigenvalue weighted by Gasteiger charge is 2.23. The van der Waals surface area contributed by atoms with E-state index in [9.17, 15) is 14.4 Å². The zero-order valence-corrected chi connectivity index (χ0v) is 16.1. The van der Waals surface area contributed by atoms with Crippen molar-refractivity contribution in [2.45, 2.75) is 63.6 Å². The lowest BCUT2D eigenvalue weighted by atomic mass is 9.95. The van der Waals surface area contributed by atoms with E-state index in [4.69, 9.17) is 4.74 Å². The minimum Gasteiger partial charge on any atom is -0.376 e. The zero-order chi connectivity index (χ0) is 19.5. The van der Waals surface area contributed by atoms with E-state index in [0.717, 1.165) is 51.6 Å². The molecule has 0 bridgehead atoms. The molecule has 1 saturated heterocycles. The van der Waals surface area contributed by atoms with Crippen molar-refractivity contribution in [1.29, 1.82) is 0 Å². The molecule has 2 aromatic rings. The van der Waals surface area contributed by atoms with Gasteiger partial charge in [-0.3, -0.25) is 18.7 Å². The number of fused-ring (bicyclic) bond motifs is 1. The smallest absolute Gasteiger partial charge is 0.332 e. The Labute approximate surface area is 163 Å². The van der Waals surface area contributed by atoms with Gasteiger partial charge in [0.2, 0.25) is 5.91 Å². The molecule has 1 atom stereocenters. The largest absolute Gasteiger partial charge is 0.376 e. The number of hydrogen-bond acceptors (Lipinski definition) is 4. The van der Waals surface area contributed by atoms with Crippen molar-refractivity contribution >= 4 is 16.8 Å². The van der Waals surface area contributed by atoms with Gasteiger partial charge >= 0.3 is 5.69 Å². The zero-order valence-electron chi connectivity index (χ0n) is 16.1. The molecule has 7 nitrogen and oxygen atoms in total. The minimum atomic E-state index is -0.386. The molecule has 0 radical (unpaired) electrons. The third-order valence-corrected chi connectivity index (χ3v) is 5.87. The predicted octanol–water partition coefficient (Wildman–Crippen LogP) is 1.96. The molecule has 1 saturated carbocycles. The minimum absolute atomic E-state index is 0.0496. The number of carbonyl (C=O) groups is 1. The van der Waals surface area contributed by atoms with Gasteiger partial charge in [-0.15, -0.1) is 0 Å². The van der Waals surface area contributed by atoms with Crippen molar-refractivity contribution in [3.8, 4) is 0 Å². The third-order valence-electron chi connectivity index (χ3n) is 5.87. The number of nitrogens with zero attached hydrogens (tertiary/aromatic N) is 2. The van der Waals surface area contributed by atoms with Gasteiger partial charge in [-0.05, 0) is 37.8 Å². The molecular formula is C21H27N3O4. The molecule has 1 N–H and O–H groups in total. The van der Waals surface area contributed by atoms with Crippen LogP contribution in [0.4, 0.5) is 0 Å². The van der Waals surface area contributed by atoms with Gasteiger partial charge in [-0.1, -0.05) is 31.4 Å². The van der Waals surface area contributed by atoms with Crippen molar-refractivity contribution in [3.05, 3.63) is 45.1 Å². The van der Waals surface area contributed by atoms with Crippen molar-refractivity contribution in [3.63, 3.8) is 0 Å². The summed E-state index contributed by atoms with van der Waals surface area (Å²) in [6.45, 7) is 1.09. The van der Waals surface area contributed by atoms with Gasteiger partial charge in [-0.25, -0.2) is 4.79 Å². The van der Waals surface area contributed by atoms with Crippen LogP contribution in [0.1, 0.15) is 51.0 Å². The topological polar surface area (TPSA) is 82.3 Å². The average Bonchev–Trinajstić information content (AvgIpc) is 3.24. The van der Waals surface area contributed by atoms with Gasteiger partial charge in [-0.2, -0.15) is 0 Å². The lowest BCUT2D eigenvalue weighted by Crippen LogP contribution is -2.45. The Bertz CT molecular complexity index is 966. The van der Waals surface area contributed by atoms with Crippen LogP contribution < -0.4 is 16.6 Å². The second-order valence-electron chi connectivity index (χ2n) is 7.79. The second kappa shape index (κ2) is 8.31. The lowest BCUT2D eigenvalue weighted by Gasteiger charge is -2.24. The van der Waals surface area contributed by atoms with E-state index in [-0.39, 0.29) is 35.8 Å². The highest BCUT2D eigenvalue weighted by Crippen LogP contribution is 2.26. The molecule has 1 unspecified atom stereocenters. The summed E-state index contributed by atoms with van der Waals surface area (Å²) in [5.41, 5.74) is -0.122. The van der Waals surface area contributed by atoms with Crippen LogP contribution in [0.2, 0.25) is 0 Å². The van der Waals surface area contributed by atoms with E-state index in [1.165, 1.54) is 9.13 Å². The molecule has 7 heteroatoms. The summed E-state index contributed by atoms with van der Waals surface area (Å²) in [7, 11) is 0. The molecule has 1 aromatic heterocycles. The molecule has 1 aliphatic carbocycles. The molecule has 2 heterocycles. The van der Waals surface area contributed by atoms with E-state index >= 15 is 0 Å². The number of para-hydroxylation sites is 1. The summed E-state index contributed by atoms with van der Waals surface area (Å²) in [5.74, 6) is -0.239. The first-order valence-electron chi connectivity index (χ1n) is 10.3. The number of nitrogens with one attached hydrogen (secondary N) is 1. The predicted molar refractivity (Wildman–Crippen MR) is 107 cm³/mol. The third kappa shape index (κ3) is 3.76. The molecule has 4 rings (SSSR count). The standard InChI is InChI=1S/C21H27N3O4/c25-19(22-13-16-9-6-12-28-16)14-23-18-11-5-4-10-17(18)20(26)24(21(23)27)15-7-2-1-3-8-15/h4-5,10-11,15-16H,1-3,6-9,12-14H2,(H,22,25). The van der Waals surface area contributed by atoms with Crippen molar-refractivity contribution < 1.29 is 9.53 Å². The highest BCUT2D eigenvalue weighted by atomic mass is 16.5. The first kappa shape index (κ1) is 18.9.